The van der Waals surface area contributed by atoms with E-state index < -0.39 is 0 Å². The van der Waals surface area contributed by atoms with Crippen LogP contribution in [0.1, 0.15) is 29.8 Å². The molecule has 2 rings (SSSR count). The summed E-state index contributed by atoms with van der Waals surface area (Å²) in [4.78, 5) is 0. The second-order valence-electron chi connectivity index (χ2n) is 4.80. The number of hydrogen-bond donors (Lipinski definition) is 1. The molecule has 0 bridgehead atoms. The average molecular weight is 322 g/mol. The number of likely N-dealkylation sites (N-methyl/N-ethyl adjacent to an activating group) is 1. The molecule has 102 valence electrons. The molecule has 1 aromatic carbocycles. The number of halogens is 1. The predicted molar refractivity (Wildman–Crippen MR) is 82.2 cm³/mol. The van der Waals surface area contributed by atoms with E-state index in [0.717, 1.165) is 23.1 Å². The molecule has 0 aliphatic carbocycles. The lowest BCUT2D eigenvalue weighted by molar-refractivity contribution is 0.537. The molecule has 0 aliphatic heterocycles. The van der Waals surface area contributed by atoms with Gasteiger partial charge in [0.1, 0.15) is 0 Å². The van der Waals surface area contributed by atoms with Crippen LogP contribution in [-0.2, 0) is 13.5 Å². The minimum absolute atomic E-state index is 0.303. The van der Waals surface area contributed by atoms with Gasteiger partial charge in [-0.15, -0.1) is 0 Å². The summed E-state index contributed by atoms with van der Waals surface area (Å²) in [5.74, 6) is 0. The van der Waals surface area contributed by atoms with Gasteiger partial charge in [-0.05, 0) is 42.8 Å². The summed E-state index contributed by atoms with van der Waals surface area (Å²) in [5.41, 5.74) is 3.76. The van der Waals surface area contributed by atoms with Crippen LogP contribution in [0, 0.1) is 6.92 Å². The normalized spacial score (nSPS) is 12.6. The van der Waals surface area contributed by atoms with Gasteiger partial charge < -0.3 is 5.32 Å². The Morgan fingerprint density at radius 1 is 1.37 bits per heavy atom. The van der Waals surface area contributed by atoms with Crippen LogP contribution in [0.25, 0.3) is 0 Å². The zero-order chi connectivity index (χ0) is 13.8. The second kappa shape index (κ2) is 6.35. The Labute approximate surface area is 123 Å². The van der Waals surface area contributed by atoms with Crippen molar-refractivity contribution in [2.24, 2.45) is 7.05 Å². The lowest BCUT2D eigenvalue weighted by Crippen LogP contribution is -2.24. The van der Waals surface area contributed by atoms with Crippen LogP contribution in [0.4, 0.5) is 0 Å². The molecule has 1 heterocycles. The first-order valence-corrected chi connectivity index (χ1v) is 7.37. The van der Waals surface area contributed by atoms with E-state index in [1.807, 2.05) is 17.9 Å². The molecule has 0 spiro atoms. The number of benzene rings is 1. The van der Waals surface area contributed by atoms with Crippen molar-refractivity contribution >= 4 is 15.9 Å². The number of nitrogens with zero attached hydrogens (tertiary/aromatic N) is 2. The van der Waals surface area contributed by atoms with Gasteiger partial charge in [0.25, 0.3) is 0 Å². The van der Waals surface area contributed by atoms with Crippen molar-refractivity contribution in [2.45, 2.75) is 26.3 Å². The first kappa shape index (κ1) is 14.3. The second-order valence-corrected chi connectivity index (χ2v) is 5.71. The maximum atomic E-state index is 4.48. The summed E-state index contributed by atoms with van der Waals surface area (Å²) in [7, 11) is 1.95. The Kier molecular flexibility index (Phi) is 4.77. The van der Waals surface area contributed by atoms with Crippen LogP contribution >= 0.6 is 15.9 Å². The molecule has 0 aliphatic rings. The zero-order valence-electron chi connectivity index (χ0n) is 11.7. The summed E-state index contributed by atoms with van der Waals surface area (Å²) in [5, 5.41) is 8.03. The molecule has 0 fully saturated rings. The summed E-state index contributed by atoms with van der Waals surface area (Å²) < 4.78 is 2.98. The number of aryl methyl sites for hydroxylation is 2. The van der Waals surface area contributed by atoms with Gasteiger partial charge >= 0.3 is 0 Å². The third kappa shape index (κ3) is 3.67. The van der Waals surface area contributed by atoms with Crippen molar-refractivity contribution in [1.82, 2.24) is 15.1 Å². The van der Waals surface area contributed by atoms with Crippen molar-refractivity contribution in [1.29, 1.82) is 0 Å². The Hall–Kier alpha value is -1.13. The minimum atomic E-state index is 0.303. The molecular weight excluding hydrogens is 302 g/mol. The van der Waals surface area contributed by atoms with Crippen LogP contribution < -0.4 is 5.32 Å². The highest BCUT2D eigenvalue weighted by molar-refractivity contribution is 9.10. The van der Waals surface area contributed by atoms with Gasteiger partial charge in [0.15, 0.2) is 0 Å². The van der Waals surface area contributed by atoms with Crippen LogP contribution in [-0.4, -0.2) is 16.3 Å². The quantitative estimate of drug-likeness (QED) is 0.914. The standard InChI is InChI=1S/C15H20BrN3/c1-4-17-15(10-13-7-8-19(3)18-13)14-9-12(16)6-5-11(14)2/h5-9,15,17H,4,10H2,1-3H3. The first-order valence-electron chi connectivity index (χ1n) is 6.58. The third-order valence-corrected chi connectivity index (χ3v) is 3.74. The van der Waals surface area contributed by atoms with E-state index in [1.54, 1.807) is 0 Å². The van der Waals surface area contributed by atoms with Crippen molar-refractivity contribution in [3.8, 4) is 0 Å². The highest BCUT2D eigenvalue weighted by atomic mass is 79.9. The molecule has 2 aromatic rings. The molecule has 0 saturated carbocycles. The fraction of sp³-hybridized carbons (Fsp3) is 0.400. The van der Waals surface area contributed by atoms with E-state index in [4.69, 9.17) is 0 Å². The van der Waals surface area contributed by atoms with E-state index >= 15 is 0 Å². The maximum absolute atomic E-state index is 4.48. The maximum Gasteiger partial charge on any atom is 0.0643 e. The van der Waals surface area contributed by atoms with Gasteiger partial charge in [-0.3, -0.25) is 4.68 Å². The fourth-order valence-corrected chi connectivity index (χ4v) is 2.69. The SMILES string of the molecule is CCNC(Cc1ccn(C)n1)c1cc(Br)ccc1C. The molecule has 1 atom stereocenters. The molecule has 1 N–H and O–H groups in total. The minimum Gasteiger partial charge on any atom is -0.310 e. The van der Waals surface area contributed by atoms with Gasteiger partial charge in [-0.1, -0.05) is 28.9 Å². The number of nitrogens with one attached hydrogen (secondary N) is 1. The Bertz CT molecular complexity index is 548. The molecule has 1 aromatic heterocycles. The van der Waals surface area contributed by atoms with Gasteiger partial charge in [-0.25, -0.2) is 0 Å². The van der Waals surface area contributed by atoms with E-state index in [9.17, 15) is 0 Å². The summed E-state index contributed by atoms with van der Waals surface area (Å²) in [6.45, 7) is 5.24. The highest BCUT2D eigenvalue weighted by Crippen LogP contribution is 2.24. The van der Waals surface area contributed by atoms with Gasteiger partial charge in [0.2, 0.25) is 0 Å². The van der Waals surface area contributed by atoms with Gasteiger partial charge in [0.05, 0.1) is 5.69 Å². The first-order chi connectivity index (χ1) is 9.10. The lowest BCUT2D eigenvalue weighted by atomic mass is 9.97. The van der Waals surface area contributed by atoms with Crippen molar-refractivity contribution in [3.05, 3.63) is 51.8 Å². The van der Waals surface area contributed by atoms with Crippen LogP contribution in [0.3, 0.4) is 0 Å². The Morgan fingerprint density at radius 3 is 2.79 bits per heavy atom. The lowest BCUT2D eigenvalue weighted by Gasteiger charge is -2.20. The zero-order valence-corrected chi connectivity index (χ0v) is 13.2. The summed E-state index contributed by atoms with van der Waals surface area (Å²) >= 11 is 3.56. The van der Waals surface area contributed by atoms with Crippen LogP contribution in [0.2, 0.25) is 0 Å². The fourth-order valence-electron chi connectivity index (χ4n) is 2.31. The highest BCUT2D eigenvalue weighted by Gasteiger charge is 2.15. The van der Waals surface area contributed by atoms with Crippen LogP contribution in [0.15, 0.2) is 34.9 Å². The molecule has 19 heavy (non-hydrogen) atoms. The van der Waals surface area contributed by atoms with E-state index in [0.29, 0.717) is 6.04 Å². The monoisotopic (exact) mass is 321 g/mol. The Morgan fingerprint density at radius 2 is 2.16 bits per heavy atom. The van der Waals surface area contributed by atoms with E-state index in [-0.39, 0.29) is 0 Å². The molecular formula is C15H20BrN3. The number of hydrogen-bond acceptors (Lipinski definition) is 2. The summed E-state index contributed by atoms with van der Waals surface area (Å²) in [6, 6.07) is 8.83. The van der Waals surface area contributed by atoms with E-state index in [1.165, 1.54) is 11.1 Å². The molecule has 0 amide bonds. The van der Waals surface area contributed by atoms with Crippen molar-refractivity contribution in [2.75, 3.05) is 6.54 Å². The number of aromatic nitrogens is 2. The molecule has 3 nitrogen and oxygen atoms in total. The molecule has 0 radical (unpaired) electrons. The molecule has 0 saturated heterocycles. The van der Waals surface area contributed by atoms with Crippen molar-refractivity contribution < 1.29 is 0 Å². The topological polar surface area (TPSA) is 29.9 Å². The van der Waals surface area contributed by atoms with E-state index in [2.05, 4.69) is 64.5 Å². The molecule has 4 heteroatoms. The number of rotatable bonds is 5. The van der Waals surface area contributed by atoms with Crippen molar-refractivity contribution in [3.63, 3.8) is 0 Å². The predicted octanol–water partition coefficient (Wildman–Crippen LogP) is 3.38. The van der Waals surface area contributed by atoms with Gasteiger partial charge in [0, 0.05) is 30.2 Å². The summed E-state index contributed by atoms with van der Waals surface area (Å²) in [6.07, 6.45) is 2.90. The Balaban J connectivity index is 2.26. The third-order valence-electron chi connectivity index (χ3n) is 3.25. The average Bonchev–Trinajstić information content (AvgIpc) is 2.77. The van der Waals surface area contributed by atoms with Crippen LogP contribution in [0.5, 0.6) is 0 Å². The molecule has 1 unspecified atom stereocenters. The van der Waals surface area contributed by atoms with Gasteiger partial charge in [-0.2, -0.15) is 5.10 Å². The largest absolute Gasteiger partial charge is 0.310 e. The smallest absolute Gasteiger partial charge is 0.0643 e.